The molecule has 0 atom stereocenters. The van der Waals surface area contributed by atoms with Gasteiger partial charge < -0.3 is 4.90 Å². The van der Waals surface area contributed by atoms with E-state index in [2.05, 4.69) is 28.6 Å². The van der Waals surface area contributed by atoms with Crippen molar-refractivity contribution in [2.45, 2.75) is 26.8 Å². The number of hydrogen-bond donors (Lipinski definition) is 1. The summed E-state index contributed by atoms with van der Waals surface area (Å²) in [6.07, 6.45) is 1.17. The normalized spacial score (nSPS) is 15.2. The van der Waals surface area contributed by atoms with Crippen molar-refractivity contribution in [3.63, 3.8) is 0 Å². The first-order chi connectivity index (χ1) is 15.2. The Hall–Kier alpha value is -2.29. The van der Waals surface area contributed by atoms with Gasteiger partial charge in [-0.2, -0.15) is 4.98 Å². The first-order valence-electron chi connectivity index (χ1n) is 10.9. The summed E-state index contributed by atoms with van der Waals surface area (Å²) in [6.45, 7) is 9.41. The van der Waals surface area contributed by atoms with Gasteiger partial charge in [0.25, 0.3) is 5.56 Å². The zero-order chi connectivity index (χ0) is 23.0. The molecule has 0 saturated carbocycles. The fourth-order valence-electron chi connectivity index (χ4n) is 4.05. The number of nitrogens with zero attached hydrogens (tertiary/aromatic N) is 5. The minimum Gasteiger partial charge on any atom is -0.340 e. The van der Waals surface area contributed by atoms with Crippen molar-refractivity contribution >= 4 is 40.3 Å². The Morgan fingerprint density at radius 2 is 1.81 bits per heavy atom. The minimum absolute atomic E-state index is 0.371. The highest BCUT2D eigenvalue weighted by molar-refractivity contribution is 6.42. The third-order valence-corrected chi connectivity index (χ3v) is 6.73. The monoisotopic (exact) mass is 478 g/mol. The van der Waals surface area contributed by atoms with Crippen molar-refractivity contribution in [2.24, 2.45) is 13.0 Å². The molecule has 2 aromatic heterocycles. The molecule has 32 heavy (non-hydrogen) atoms. The molecule has 8 nitrogen and oxygen atoms in total. The number of anilines is 1. The number of piperazine rings is 1. The van der Waals surface area contributed by atoms with Gasteiger partial charge in [0.1, 0.15) is 0 Å². The number of rotatable bonds is 6. The third kappa shape index (κ3) is 4.58. The molecule has 0 radical (unpaired) electrons. The second-order valence-corrected chi connectivity index (χ2v) is 9.56. The molecule has 0 amide bonds. The summed E-state index contributed by atoms with van der Waals surface area (Å²) in [5.41, 5.74) is 0.708. The van der Waals surface area contributed by atoms with Crippen molar-refractivity contribution in [3.8, 4) is 0 Å². The number of aromatic amines is 1. The highest BCUT2D eigenvalue weighted by atomic mass is 35.5. The average Bonchev–Trinajstić information content (AvgIpc) is 3.13. The molecule has 172 valence electrons. The van der Waals surface area contributed by atoms with Crippen LogP contribution in [0.25, 0.3) is 11.2 Å². The van der Waals surface area contributed by atoms with Gasteiger partial charge in [0.15, 0.2) is 11.2 Å². The first-order valence-corrected chi connectivity index (χ1v) is 11.6. The van der Waals surface area contributed by atoms with E-state index in [1.807, 2.05) is 10.6 Å². The zero-order valence-electron chi connectivity index (χ0n) is 18.6. The number of fused-ring (bicyclic) bond motifs is 1. The van der Waals surface area contributed by atoms with Crippen LogP contribution in [-0.4, -0.2) is 56.7 Å². The van der Waals surface area contributed by atoms with Crippen LogP contribution in [0, 0.1) is 5.92 Å². The molecular weight excluding hydrogens is 451 g/mol. The average molecular weight is 479 g/mol. The Morgan fingerprint density at radius 3 is 2.47 bits per heavy atom. The number of imidazole rings is 1. The van der Waals surface area contributed by atoms with E-state index in [4.69, 9.17) is 28.2 Å². The highest BCUT2D eigenvalue weighted by Gasteiger charge is 2.25. The number of aryl methyl sites for hydroxylation is 1. The van der Waals surface area contributed by atoms with Gasteiger partial charge in [0, 0.05) is 33.2 Å². The van der Waals surface area contributed by atoms with E-state index >= 15 is 0 Å². The maximum absolute atomic E-state index is 12.8. The summed E-state index contributed by atoms with van der Waals surface area (Å²) >= 11 is 12.3. The third-order valence-electron chi connectivity index (χ3n) is 5.99. The highest BCUT2D eigenvalue weighted by Crippen LogP contribution is 2.26. The summed E-state index contributed by atoms with van der Waals surface area (Å²) < 4.78 is 3.25. The van der Waals surface area contributed by atoms with Crippen LogP contribution < -0.4 is 16.1 Å². The quantitative estimate of drug-likeness (QED) is 0.588. The lowest BCUT2D eigenvalue weighted by Crippen LogP contribution is -2.47. The maximum atomic E-state index is 12.8. The molecule has 10 heteroatoms. The van der Waals surface area contributed by atoms with Crippen molar-refractivity contribution in [1.29, 1.82) is 0 Å². The van der Waals surface area contributed by atoms with Crippen LogP contribution in [0.2, 0.25) is 10.0 Å². The van der Waals surface area contributed by atoms with Gasteiger partial charge in [-0.15, -0.1) is 0 Å². The van der Waals surface area contributed by atoms with Crippen LogP contribution in [0.1, 0.15) is 25.8 Å². The molecule has 0 bridgehead atoms. The second kappa shape index (κ2) is 9.29. The molecule has 3 aromatic rings. The van der Waals surface area contributed by atoms with Gasteiger partial charge in [-0.1, -0.05) is 43.1 Å². The van der Waals surface area contributed by atoms with E-state index in [0.29, 0.717) is 39.6 Å². The van der Waals surface area contributed by atoms with E-state index in [-0.39, 0.29) is 0 Å². The molecule has 1 aliphatic rings. The predicted molar refractivity (Wildman–Crippen MR) is 129 cm³/mol. The molecule has 3 heterocycles. The topological polar surface area (TPSA) is 79.2 Å². The first kappa shape index (κ1) is 22.9. The SMILES string of the molecule is CC(C)CCN1CCN(c2nc3c(c(=O)[nH]c(=O)n3C)n2Cc2ccc(Cl)c(Cl)c2)CC1. The zero-order valence-corrected chi connectivity index (χ0v) is 20.1. The Labute approximate surface area is 196 Å². The summed E-state index contributed by atoms with van der Waals surface area (Å²) in [6, 6.07) is 5.41. The molecule has 0 spiro atoms. The summed E-state index contributed by atoms with van der Waals surface area (Å²) in [7, 11) is 1.62. The van der Waals surface area contributed by atoms with Crippen molar-refractivity contribution in [1.82, 2.24) is 24.0 Å². The molecule has 0 unspecified atom stereocenters. The molecule has 1 aliphatic heterocycles. The van der Waals surface area contributed by atoms with Crippen LogP contribution in [0.15, 0.2) is 27.8 Å². The number of nitrogens with one attached hydrogen (secondary N) is 1. The molecule has 1 saturated heterocycles. The predicted octanol–water partition coefficient (Wildman–Crippen LogP) is 2.95. The second-order valence-electron chi connectivity index (χ2n) is 8.75. The fourth-order valence-corrected chi connectivity index (χ4v) is 4.37. The molecule has 1 N–H and O–H groups in total. The Bertz CT molecular complexity index is 1240. The van der Waals surface area contributed by atoms with Crippen LogP contribution >= 0.6 is 23.2 Å². The summed E-state index contributed by atoms with van der Waals surface area (Å²) in [4.78, 5) is 36.7. The van der Waals surface area contributed by atoms with Gasteiger partial charge in [-0.05, 0) is 36.6 Å². The van der Waals surface area contributed by atoms with Crippen LogP contribution in [0.5, 0.6) is 0 Å². The number of aromatic nitrogens is 4. The molecule has 4 rings (SSSR count). The van der Waals surface area contributed by atoms with Crippen LogP contribution in [0.3, 0.4) is 0 Å². The number of halogens is 2. The standard InChI is InChI=1S/C22H28Cl2N6O2/c1-14(2)6-7-28-8-10-29(11-9-28)21-25-19-18(20(31)26-22(32)27(19)3)30(21)13-15-4-5-16(23)17(24)12-15/h4-5,12,14H,6-11,13H2,1-3H3,(H,26,31,32). The van der Waals surface area contributed by atoms with E-state index in [1.54, 1.807) is 19.2 Å². The van der Waals surface area contributed by atoms with Crippen molar-refractivity contribution in [2.75, 3.05) is 37.6 Å². The van der Waals surface area contributed by atoms with E-state index in [1.165, 1.54) is 11.0 Å². The minimum atomic E-state index is -0.480. The van der Waals surface area contributed by atoms with Gasteiger partial charge in [0.05, 0.1) is 16.6 Å². The lowest BCUT2D eigenvalue weighted by molar-refractivity contribution is 0.242. The number of H-pyrrole nitrogens is 1. The summed E-state index contributed by atoms with van der Waals surface area (Å²) in [5.74, 6) is 1.36. The Morgan fingerprint density at radius 1 is 1.09 bits per heavy atom. The fraction of sp³-hybridized carbons (Fsp3) is 0.500. The van der Waals surface area contributed by atoms with Gasteiger partial charge in [-0.25, -0.2) is 4.79 Å². The van der Waals surface area contributed by atoms with E-state index in [0.717, 1.165) is 38.3 Å². The molecule has 1 fully saturated rings. The Balaban J connectivity index is 1.72. The van der Waals surface area contributed by atoms with Crippen LogP contribution in [-0.2, 0) is 13.6 Å². The molecule has 1 aromatic carbocycles. The lowest BCUT2D eigenvalue weighted by atomic mass is 10.1. The van der Waals surface area contributed by atoms with Crippen LogP contribution in [0.4, 0.5) is 5.95 Å². The number of benzene rings is 1. The lowest BCUT2D eigenvalue weighted by Gasteiger charge is -2.35. The summed E-state index contributed by atoms with van der Waals surface area (Å²) in [5, 5.41) is 0.930. The van der Waals surface area contributed by atoms with Crippen molar-refractivity contribution < 1.29 is 0 Å². The number of hydrogen-bond acceptors (Lipinski definition) is 5. The van der Waals surface area contributed by atoms with Gasteiger partial charge in [0.2, 0.25) is 5.95 Å². The smallest absolute Gasteiger partial charge is 0.329 e. The largest absolute Gasteiger partial charge is 0.340 e. The molecular formula is C22H28Cl2N6O2. The maximum Gasteiger partial charge on any atom is 0.329 e. The van der Waals surface area contributed by atoms with E-state index < -0.39 is 11.2 Å². The van der Waals surface area contributed by atoms with Crippen molar-refractivity contribution in [3.05, 3.63) is 54.6 Å². The van der Waals surface area contributed by atoms with Gasteiger partial charge >= 0.3 is 5.69 Å². The Kier molecular flexibility index (Phi) is 6.65. The van der Waals surface area contributed by atoms with E-state index in [9.17, 15) is 9.59 Å². The van der Waals surface area contributed by atoms with Gasteiger partial charge in [-0.3, -0.25) is 23.8 Å². The molecule has 0 aliphatic carbocycles.